The second kappa shape index (κ2) is 5.70. The van der Waals surface area contributed by atoms with Crippen LogP contribution < -0.4 is 5.32 Å². The minimum absolute atomic E-state index is 0.0238. The van der Waals surface area contributed by atoms with Crippen LogP contribution in [0.1, 0.15) is 0 Å². The number of methoxy groups -OCH3 is 1. The first-order valence-electron chi connectivity index (χ1n) is 3.98. The van der Waals surface area contributed by atoms with E-state index in [1.807, 2.05) is 0 Å². The summed E-state index contributed by atoms with van der Waals surface area (Å²) in [6, 6.07) is 3.36. The highest BCUT2D eigenvalue weighted by Gasteiger charge is 2.10. The molecule has 1 N–H and O–H groups in total. The van der Waals surface area contributed by atoms with Gasteiger partial charge in [0.1, 0.15) is 6.61 Å². The van der Waals surface area contributed by atoms with Crippen molar-refractivity contribution in [3.05, 3.63) is 26.7 Å². The van der Waals surface area contributed by atoms with Crippen molar-refractivity contribution in [2.75, 3.05) is 19.0 Å². The first-order chi connectivity index (χ1) is 7.06. The van der Waals surface area contributed by atoms with Crippen LogP contribution in [0.3, 0.4) is 0 Å². The first-order valence-corrected chi connectivity index (χ1v) is 5.53. The molecule has 0 radical (unpaired) electrons. The molecule has 0 bridgehead atoms. The molecule has 0 aliphatic rings. The number of hydrogen-bond donors (Lipinski definition) is 1. The van der Waals surface area contributed by atoms with Crippen molar-refractivity contribution in [2.45, 2.75) is 0 Å². The second-order valence-electron chi connectivity index (χ2n) is 2.70. The molecule has 0 aliphatic heterocycles. The predicted molar refractivity (Wildman–Crippen MR) is 64.7 cm³/mol. The van der Waals surface area contributed by atoms with Crippen LogP contribution in [0.25, 0.3) is 0 Å². The summed E-state index contributed by atoms with van der Waals surface area (Å²) < 4.78 is 5.35. The van der Waals surface area contributed by atoms with E-state index in [1.165, 1.54) is 7.11 Å². The number of ether oxygens (including phenoxy) is 1. The van der Waals surface area contributed by atoms with E-state index in [1.54, 1.807) is 12.1 Å². The van der Waals surface area contributed by atoms with Gasteiger partial charge in [-0.3, -0.25) is 4.79 Å². The SMILES string of the molecule is COCC(=O)Nc1ccc(Br)c(Cl)c1Cl. The molecule has 1 aromatic carbocycles. The third-order valence-electron chi connectivity index (χ3n) is 1.58. The molecule has 0 saturated heterocycles. The largest absolute Gasteiger partial charge is 0.375 e. The molecule has 0 aliphatic carbocycles. The van der Waals surface area contributed by atoms with Crippen LogP contribution in [0.4, 0.5) is 5.69 Å². The number of carbonyl (C=O) groups excluding carboxylic acids is 1. The molecular weight excluding hydrogens is 305 g/mol. The van der Waals surface area contributed by atoms with E-state index in [0.717, 1.165) is 0 Å². The van der Waals surface area contributed by atoms with Crippen LogP contribution in [0.5, 0.6) is 0 Å². The van der Waals surface area contributed by atoms with E-state index in [0.29, 0.717) is 20.2 Å². The summed E-state index contributed by atoms with van der Waals surface area (Å²) in [5.41, 5.74) is 0.465. The molecule has 0 fully saturated rings. The number of rotatable bonds is 3. The second-order valence-corrected chi connectivity index (χ2v) is 4.31. The van der Waals surface area contributed by atoms with Gasteiger partial charge in [0.2, 0.25) is 5.91 Å². The number of halogens is 3. The summed E-state index contributed by atoms with van der Waals surface area (Å²) in [5, 5.41) is 3.25. The smallest absolute Gasteiger partial charge is 0.250 e. The fourth-order valence-corrected chi connectivity index (χ4v) is 1.76. The Morgan fingerprint density at radius 2 is 2.13 bits per heavy atom. The summed E-state index contributed by atoms with van der Waals surface area (Å²) >= 11 is 15.0. The molecule has 0 spiro atoms. The van der Waals surface area contributed by atoms with E-state index < -0.39 is 0 Å². The van der Waals surface area contributed by atoms with Gasteiger partial charge in [0, 0.05) is 11.6 Å². The number of carbonyl (C=O) groups is 1. The quantitative estimate of drug-likeness (QED) is 0.869. The summed E-state index contributed by atoms with van der Waals surface area (Å²) in [6.45, 7) is -0.0238. The van der Waals surface area contributed by atoms with Gasteiger partial charge in [-0.25, -0.2) is 0 Å². The lowest BCUT2D eigenvalue weighted by Gasteiger charge is -2.08. The molecule has 1 aromatic rings. The molecule has 0 aromatic heterocycles. The predicted octanol–water partition coefficient (Wildman–Crippen LogP) is 3.34. The van der Waals surface area contributed by atoms with Crippen LogP contribution in [0.2, 0.25) is 10.0 Å². The van der Waals surface area contributed by atoms with E-state index >= 15 is 0 Å². The Morgan fingerprint density at radius 1 is 1.47 bits per heavy atom. The Morgan fingerprint density at radius 3 is 2.73 bits per heavy atom. The van der Waals surface area contributed by atoms with Gasteiger partial charge in [0.25, 0.3) is 0 Å². The van der Waals surface area contributed by atoms with Crippen molar-refractivity contribution in [2.24, 2.45) is 0 Å². The fourth-order valence-electron chi connectivity index (χ4n) is 0.940. The molecule has 0 saturated carbocycles. The lowest BCUT2D eigenvalue weighted by molar-refractivity contribution is -0.119. The maximum Gasteiger partial charge on any atom is 0.250 e. The van der Waals surface area contributed by atoms with Crippen molar-refractivity contribution in [1.29, 1.82) is 0 Å². The van der Waals surface area contributed by atoms with Gasteiger partial charge in [0.05, 0.1) is 15.7 Å². The van der Waals surface area contributed by atoms with Gasteiger partial charge in [-0.15, -0.1) is 0 Å². The Bertz CT molecular complexity index is 385. The highest BCUT2D eigenvalue weighted by Crippen LogP contribution is 2.35. The van der Waals surface area contributed by atoms with Crippen molar-refractivity contribution in [3.63, 3.8) is 0 Å². The maximum absolute atomic E-state index is 11.2. The first kappa shape index (κ1) is 12.8. The third-order valence-corrected chi connectivity index (χ3v) is 3.36. The van der Waals surface area contributed by atoms with Gasteiger partial charge >= 0.3 is 0 Å². The minimum Gasteiger partial charge on any atom is -0.375 e. The molecule has 0 unspecified atom stereocenters. The average Bonchev–Trinajstić information content (AvgIpc) is 2.20. The van der Waals surface area contributed by atoms with Gasteiger partial charge in [-0.2, -0.15) is 0 Å². The monoisotopic (exact) mass is 311 g/mol. The molecule has 1 rings (SSSR count). The maximum atomic E-state index is 11.2. The van der Waals surface area contributed by atoms with Crippen LogP contribution in [-0.2, 0) is 9.53 Å². The summed E-state index contributed by atoms with van der Waals surface area (Å²) in [6.07, 6.45) is 0. The van der Waals surface area contributed by atoms with E-state index in [-0.39, 0.29) is 12.5 Å². The lowest BCUT2D eigenvalue weighted by Crippen LogP contribution is -2.17. The van der Waals surface area contributed by atoms with E-state index in [4.69, 9.17) is 23.2 Å². The van der Waals surface area contributed by atoms with Gasteiger partial charge in [0.15, 0.2) is 0 Å². The molecule has 0 heterocycles. The Hall–Kier alpha value is -0.290. The van der Waals surface area contributed by atoms with E-state index in [2.05, 4.69) is 26.0 Å². The molecule has 3 nitrogen and oxygen atoms in total. The van der Waals surface area contributed by atoms with Gasteiger partial charge in [-0.05, 0) is 28.1 Å². The standard InChI is InChI=1S/C9H8BrCl2NO2/c1-15-4-7(14)13-6-3-2-5(10)8(11)9(6)12/h2-3H,4H2,1H3,(H,13,14). The highest BCUT2D eigenvalue weighted by atomic mass is 79.9. The Balaban J connectivity index is 2.87. The van der Waals surface area contributed by atoms with Crippen molar-refractivity contribution in [1.82, 2.24) is 0 Å². The van der Waals surface area contributed by atoms with Crippen molar-refractivity contribution >= 4 is 50.7 Å². The summed E-state index contributed by atoms with van der Waals surface area (Å²) in [5.74, 6) is -0.280. The zero-order valence-electron chi connectivity index (χ0n) is 7.81. The number of nitrogens with one attached hydrogen (secondary N) is 1. The molecular formula is C9H8BrCl2NO2. The normalized spacial score (nSPS) is 10.1. The highest BCUT2D eigenvalue weighted by molar-refractivity contribution is 9.10. The van der Waals surface area contributed by atoms with Crippen LogP contribution >= 0.6 is 39.1 Å². The molecule has 1 amide bonds. The fraction of sp³-hybridized carbons (Fsp3) is 0.222. The number of hydrogen-bond acceptors (Lipinski definition) is 2. The lowest BCUT2D eigenvalue weighted by atomic mass is 10.3. The molecule has 82 valence electrons. The number of benzene rings is 1. The van der Waals surface area contributed by atoms with Gasteiger partial charge in [-0.1, -0.05) is 23.2 Å². The van der Waals surface area contributed by atoms with Crippen LogP contribution in [0.15, 0.2) is 16.6 Å². The third kappa shape index (κ3) is 3.34. The molecule has 0 atom stereocenters. The summed E-state index contributed by atoms with van der Waals surface area (Å²) in [4.78, 5) is 11.2. The average molecular weight is 313 g/mol. The zero-order valence-corrected chi connectivity index (χ0v) is 10.9. The number of amides is 1. The van der Waals surface area contributed by atoms with Gasteiger partial charge < -0.3 is 10.1 Å². The Kier molecular flexibility index (Phi) is 4.86. The summed E-state index contributed by atoms with van der Waals surface area (Å²) in [7, 11) is 1.44. The van der Waals surface area contributed by atoms with Crippen molar-refractivity contribution < 1.29 is 9.53 Å². The molecule has 6 heteroatoms. The van der Waals surface area contributed by atoms with E-state index in [9.17, 15) is 4.79 Å². The van der Waals surface area contributed by atoms with Crippen LogP contribution in [-0.4, -0.2) is 19.6 Å². The Labute approximate surface area is 106 Å². The number of anilines is 1. The zero-order chi connectivity index (χ0) is 11.4. The minimum atomic E-state index is -0.280. The molecule has 15 heavy (non-hydrogen) atoms. The topological polar surface area (TPSA) is 38.3 Å². The van der Waals surface area contributed by atoms with Crippen LogP contribution in [0, 0.1) is 0 Å². The van der Waals surface area contributed by atoms with Crippen molar-refractivity contribution in [3.8, 4) is 0 Å².